The summed E-state index contributed by atoms with van der Waals surface area (Å²) in [6.45, 7) is 4.35. The zero-order valence-electron chi connectivity index (χ0n) is 9.46. The minimum atomic E-state index is -2.68. The quantitative estimate of drug-likeness (QED) is 0.740. The third kappa shape index (κ3) is 2.53. The second kappa shape index (κ2) is 4.06. The molecule has 1 unspecified atom stereocenters. The van der Waals surface area contributed by atoms with Crippen molar-refractivity contribution in [2.45, 2.75) is 32.6 Å². The molecule has 4 heteroatoms. The first kappa shape index (κ1) is 11.4. The second-order valence-electron chi connectivity index (χ2n) is 5.12. The second-order valence-corrected chi connectivity index (χ2v) is 7.42. The first-order valence-electron chi connectivity index (χ1n) is 5.99. The van der Waals surface area contributed by atoms with E-state index in [1.54, 1.807) is 0 Å². The van der Waals surface area contributed by atoms with Gasteiger partial charge in [-0.15, -0.1) is 0 Å². The number of hydrogen-bond acceptors (Lipinski definition) is 3. The number of nitrogens with one attached hydrogen (secondary N) is 1. The lowest BCUT2D eigenvalue weighted by molar-refractivity contribution is 0.394. The van der Waals surface area contributed by atoms with Crippen LogP contribution in [0.1, 0.15) is 32.6 Å². The Bertz CT molecular complexity index is 309. The summed E-state index contributed by atoms with van der Waals surface area (Å²) >= 11 is 0. The normalized spacial score (nSPS) is 31.7. The molecular formula is C11H21NO2S. The predicted octanol–water partition coefficient (Wildman–Crippen LogP) is 1.20. The fourth-order valence-electron chi connectivity index (χ4n) is 2.73. The van der Waals surface area contributed by atoms with Gasteiger partial charge < -0.3 is 5.32 Å². The molecule has 0 aromatic rings. The molecule has 2 rings (SSSR count). The lowest BCUT2D eigenvalue weighted by atomic mass is 9.96. The van der Waals surface area contributed by atoms with Crippen LogP contribution in [0, 0.1) is 11.3 Å². The molecule has 3 nitrogen and oxygen atoms in total. The van der Waals surface area contributed by atoms with Crippen molar-refractivity contribution in [3.05, 3.63) is 0 Å². The number of rotatable bonds is 4. The topological polar surface area (TPSA) is 46.2 Å². The molecule has 0 radical (unpaired) electrons. The van der Waals surface area contributed by atoms with Gasteiger partial charge in [0.2, 0.25) is 0 Å². The molecule has 0 aromatic carbocycles. The van der Waals surface area contributed by atoms with Crippen molar-refractivity contribution in [3.8, 4) is 0 Å². The first-order valence-corrected chi connectivity index (χ1v) is 7.81. The van der Waals surface area contributed by atoms with Gasteiger partial charge in [0.25, 0.3) is 0 Å². The minimum absolute atomic E-state index is 0.409. The van der Waals surface area contributed by atoms with E-state index < -0.39 is 9.84 Å². The molecule has 0 amide bonds. The molecule has 1 saturated carbocycles. The highest BCUT2D eigenvalue weighted by atomic mass is 32.2. The van der Waals surface area contributed by atoms with Crippen LogP contribution in [-0.2, 0) is 9.84 Å². The van der Waals surface area contributed by atoms with Crippen LogP contribution in [0.3, 0.4) is 0 Å². The molecule has 1 atom stereocenters. The van der Waals surface area contributed by atoms with E-state index >= 15 is 0 Å². The number of sulfone groups is 1. The van der Waals surface area contributed by atoms with E-state index in [0.717, 1.165) is 31.8 Å². The van der Waals surface area contributed by atoms with Crippen molar-refractivity contribution < 1.29 is 8.42 Å². The van der Waals surface area contributed by atoms with E-state index in [1.165, 1.54) is 12.8 Å². The Labute approximate surface area is 92.6 Å². The summed E-state index contributed by atoms with van der Waals surface area (Å²) in [6.07, 6.45) is 4.24. The van der Waals surface area contributed by atoms with Gasteiger partial charge in [-0.1, -0.05) is 6.92 Å². The number of hydrogen-bond donors (Lipinski definition) is 1. The maximum absolute atomic E-state index is 11.3. The first-order chi connectivity index (χ1) is 7.08. The van der Waals surface area contributed by atoms with Crippen LogP contribution < -0.4 is 5.32 Å². The van der Waals surface area contributed by atoms with Crippen LogP contribution in [0.2, 0.25) is 0 Å². The monoisotopic (exact) mass is 231 g/mol. The summed E-state index contributed by atoms with van der Waals surface area (Å²) in [5.74, 6) is 1.61. The van der Waals surface area contributed by atoms with Gasteiger partial charge in [0.15, 0.2) is 0 Å². The molecular weight excluding hydrogens is 210 g/mol. The molecule has 15 heavy (non-hydrogen) atoms. The van der Waals surface area contributed by atoms with Crippen LogP contribution in [-0.4, -0.2) is 33.0 Å². The fraction of sp³-hybridized carbons (Fsp3) is 1.00. The maximum Gasteiger partial charge on any atom is 0.150 e. The van der Waals surface area contributed by atoms with Crippen LogP contribution in [0.5, 0.6) is 0 Å². The summed E-state index contributed by atoms with van der Waals surface area (Å²) in [7, 11) is -2.68. The summed E-state index contributed by atoms with van der Waals surface area (Å²) in [5.41, 5.74) is 0.409. The average Bonchev–Trinajstić information content (AvgIpc) is 2.87. The van der Waals surface area contributed by atoms with Crippen molar-refractivity contribution in [2.75, 3.05) is 24.6 Å². The molecule has 2 aliphatic rings. The van der Waals surface area contributed by atoms with E-state index in [-0.39, 0.29) is 0 Å². The lowest BCUT2D eigenvalue weighted by Crippen LogP contribution is -2.28. The Kier molecular flexibility index (Phi) is 3.08. The van der Waals surface area contributed by atoms with Gasteiger partial charge in [-0.05, 0) is 50.1 Å². The smallest absolute Gasteiger partial charge is 0.150 e. The lowest BCUT2D eigenvalue weighted by Gasteiger charge is -2.22. The molecule has 1 aliphatic heterocycles. The summed E-state index contributed by atoms with van der Waals surface area (Å²) < 4.78 is 22.6. The Balaban J connectivity index is 1.77. The van der Waals surface area contributed by atoms with Gasteiger partial charge in [0.1, 0.15) is 9.84 Å². The molecule has 1 saturated heterocycles. The van der Waals surface area contributed by atoms with E-state index in [2.05, 4.69) is 12.2 Å². The highest BCUT2D eigenvalue weighted by molar-refractivity contribution is 7.91. The third-order valence-corrected chi connectivity index (χ3v) is 5.65. The zero-order chi connectivity index (χ0) is 10.9. The average molecular weight is 231 g/mol. The molecule has 0 aromatic heterocycles. The Hall–Kier alpha value is -0.0900. The Morgan fingerprint density at radius 3 is 2.60 bits per heavy atom. The molecule has 1 N–H and O–H groups in total. The highest BCUT2D eigenvalue weighted by Crippen LogP contribution is 2.59. The predicted molar refractivity (Wildman–Crippen MR) is 61.6 cm³/mol. The van der Waals surface area contributed by atoms with Gasteiger partial charge >= 0.3 is 0 Å². The van der Waals surface area contributed by atoms with Gasteiger partial charge in [0, 0.05) is 0 Å². The van der Waals surface area contributed by atoms with Crippen LogP contribution in [0.15, 0.2) is 0 Å². The van der Waals surface area contributed by atoms with Crippen molar-refractivity contribution in [2.24, 2.45) is 11.3 Å². The van der Waals surface area contributed by atoms with Crippen molar-refractivity contribution in [1.29, 1.82) is 0 Å². The summed E-state index contributed by atoms with van der Waals surface area (Å²) in [5, 5.41) is 3.44. The maximum atomic E-state index is 11.3. The Morgan fingerprint density at radius 1 is 1.33 bits per heavy atom. The summed E-state index contributed by atoms with van der Waals surface area (Å²) in [4.78, 5) is 0. The summed E-state index contributed by atoms with van der Waals surface area (Å²) in [6, 6.07) is 0. The van der Waals surface area contributed by atoms with E-state index in [1.807, 2.05) is 0 Å². The van der Waals surface area contributed by atoms with Gasteiger partial charge in [-0.25, -0.2) is 8.42 Å². The SMILES string of the molecule is CCCNCC1CC12CCS(=O)(=O)CC2. The molecule has 2 fully saturated rings. The molecule has 0 bridgehead atoms. The standard InChI is InChI=1S/C11H21NO2S/c1-2-5-12-9-10-8-11(10)3-6-15(13,14)7-4-11/h10,12H,2-9H2,1H3. The van der Waals surface area contributed by atoms with Crippen LogP contribution in [0.25, 0.3) is 0 Å². The minimum Gasteiger partial charge on any atom is -0.316 e. The zero-order valence-corrected chi connectivity index (χ0v) is 10.3. The van der Waals surface area contributed by atoms with Crippen LogP contribution >= 0.6 is 0 Å². The van der Waals surface area contributed by atoms with E-state index in [4.69, 9.17) is 0 Å². The van der Waals surface area contributed by atoms with Crippen LogP contribution in [0.4, 0.5) is 0 Å². The van der Waals surface area contributed by atoms with Crippen molar-refractivity contribution in [1.82, 2.24) is 5.32 Å². The third-order valence-electron chi connectivity index (χ3n) is 4.00. The Morgan fingerprint density at radius 2 is 2.00 bits per heavy atom. The fourth-order valence-corrected chi connectivity index (χ4v) is 4.37. The van der Waals surface area contributed by atoms with Crippen molar-refractivity contribution in [3.63, 3.8) is 0 Å². The molecule has 1 aliphatic carbocycles. The highest BCUT2D eigenvalue weighted by Gasteiger charge is 2.55. The molecule has 88 valence electrons. The van der Waals surface area contributed by atoms with Crippen molar-refractivity contribution >= 4 is 9.84 Å². The van der Waals surface area contributed by atoms with E-state index in [9.17, 15) is 8.42 Å². The van der Waals surface area contributed by atoms with E-state index in [0.29, 0.717) is 16.9 Å². The van der Waals surface area contributed by atoms with Gasteiger partial charge in [-0.2, -0.15) is 0 Å². The largest absolute Gasteiger partial charge is 0.316 e. The van der Waals surface area contributed by atoms with Gasteiger partial charge in [0.05, 0.1) is 11.5 Å². The van der Waals surface area contributed by atoms with Gasteiger partial charge in [-0.3, -0.25) is 0 Å². The molecule has 1 heterocycles. The molecule has 1 spiro atoms.